The maximum absolute atomic E-state index is 12.4. The number of thioether (sulfide) groups is 1. The summed E-state index contributed by atoms with van der Waals surface area (Å²) in [4.78, 5) is 43.5. The molecule has 1 aromatic carbocycles. The molecule has 1 aromatic heterocycles. The molecule has 0 saturated carbocycles. The number of carbonyl (C=O) groups excluding carboxylic acids is 3. The van der Waals surface area contributed by atoms with Gasteiger partial charge in [-0.3, -0.25) is 9.59 Å². The van der Waals surface area contributed by atoms with Crippen molar-refractivity contribution in [2.75, 3.05) is 30.0 Å². The molecule has 140 valence electrons. The minimum atomic E-state index is -0.596. The molecule has 0 spiro atoms. The van der Waals surface area contributed by atoms with Crippen LogP contribution in [0.1, 0.15) is 27.6 Å². The number of Topliss-reactive ketones (excluding diaryl/α,β-unsaturated/α-hetero) is 1. The summed E-state index contributed by atoms with van der Waals surface area (Å²) in [7, 11) is 0. The minimum Gasteiger partial charge on any atom is -0.482 e. The van der Waals surface area contributed by atoms with Crippen LogP contribution in [-0.4, -0.2) is 46.6 Å². The van der Waals surface area contributed by atoms with Crippen LogP contribution in [0.25, 0.3) is 0 Å². The van der Waals surface area contributed by atoms with Crippen LogP contribution in [0.4, 0.5) is 11.5 Å². The molecule has 0 bridgehead atoms. The Bertz CT molecular complexity index is 918. The van der Waals surface area contributed by atoms with Crippen molar-refractivity contribution in [1.82, 2.24) is 9.97 Å². The summed E-state index contributed by atoms with van der Waals surface area (Å²) in [6, 6.07) is 4.82. The highest BCUT2D eigenvalue weighted by Crippen LogP contribution is 2.29. The topological polar surface area (TPSA) is 134 Å². The van der Waals surface area contributed by atoms with Crippen molar-refractivity contribution in [2.24, 2.45) is 0 Å². The normalized spacial score (nSPS) is 12.6. The lowest BCUT2D eigenvalue weighted by atomic mass is 10.1. The number of hydrogen-bond acceptors (Lipinski definition) is 9. The molecule has 0 aliphatic carbocycles. The number of nitrogen functional groups attached to an aromatic ring is 1. The number of nitrogens with one attached hydrogen (secondary N) is 1. The molecule has 27 heavy (non-hydrogen) atoms. The molecular formula is C17H16N4O5S. The molecule has 0 unspecified atom stereocenters. The Balaban J connectivity index is 1.66. The van der Waals surface area contributed by atoms with Gasteiger partial charge in [-0.1, -0.05) is 11.8 Å². The number of rotatable bonds is 6. The van der Waals surface area contributed by atoms with Crippen molar-refractivity contribution < 1.29 is 23.9 Å². The van der Waals surface area contributed by atoms with Gasteiger partial charge in [0.2, 0.25) is 0 Å². The SMILES string of the molecule is CCOC(=O)c1cnc(SCC(=O)c2ccc3c(c2)NC(=O)CO3)nc1N. The Morgan fingerprint density at radius 1 is 1.41 bits per heavy atom. The van der Waals surface area contributed by atoms with Crippen LogP contribution in [0, 0.1) is 0 Å². The first-order chi connectivity index (χ1) is 13.0. The third-order valence-electron chi connectivity index (χ3n) is 3.56. The lowest BCUT2D eigenvalue weighted by Gasteiger charge is -2.18. The molecule has 2 heterocycles. The maximum atomic E-state index is 12.4. The fourth-order valence-electron chi connectivity index (χ4n) is 2.28. The van der Waals surface area contributed by atoms with E-state index in [0.717, 1.165) is 11.8 Å². The van der Waals surface area contributed by atoms with Crippen molar-refractivity contribution in [1.29, 1.82) is 0 Å². The van der Waals surface area contributed by atoms with Gasteiger partial charge in [-0.05, 0) is 25.1 Å². The summed E-state index contributed by atoms with van der Waals surface area (Å²) < 4.78 is 10.1. The number of aromatic nitrogens is 2. The van der Waals surface area contributed by atoms with Gasteiger partial charge in [-0.25, -0.2) is 14.8 Å². The summed E-state index contributed by atoms with van der Waals surface area (Å²) in [5, 5.41) is 2.92. The smallest absolute Gasteiger partial charge is 0.343 e. The van der Waals surface area contributed by atoms with Gasteiger partial charge in [0.25, 0.3) is 5.91 Å². The summed E-state index contributed by atoms with van der Waals surface area (Å²) >= 11 is 1.09. The number of hydrogen-bond donors (Lipinski definition) is 2. The van der Waals surface area contributed by atoms with Crippen LogP contribution < -0.4 is 15.8 Å². The molecule has 0 fully saturated rings. The molecule has 2 aromatic rings. The predicted molar refractivity (Wildman–Crippen MR) is 98.0 cm³/mol. The van der Waals surface area contributed by atoms with Crippen LogP contribution in [0.3, 0.4) is 0 Å². The van der Waals surface area contributed by atoms with E-state index in [2.05, 4.69) is 15.3 Å². The van der Waals surface area contributed by atoms with E-state index in [9.17, 15) is 14.4 Å². The predicted octanol–water partition coefficient (Wildman–Crippen LogP) is 1.54. The highest BCUT2D eigenvalue weighted by molar-refractivity contribution is 7.99. The number of ketones is 1. The van der Waals surface area contributed by atoms with Crippen molar-refractivity contribution in [2.45, 2.75) is 12.1 Å². The Morgan fingerprint density at radius 2 is 2.22 bits per heavy atom. The Morgan fingerprint density at radius 3 is 2.96 bits per heavy atom. The second-order valence-electron chi connectivity index (χ2n) is 5.43. The molecule has 1 aliphatic rings. The second-order valence-corrected chi connectivity index (χ2v) is 6.37. The van der Waals surface area contributed by atoms with E-state index in [4.69, 9.17) is 15.2 Å². The highest BCUT2D eigenvalue weighted by Gasteiger charge is 2.19. The fraction of sp³-hybridized carbons (Fsp3) is 0.235. The molecule has 3 N–H and O–H groups in total. The molecule has 1 aliphatic heterocycles. The Labute approximate surface area is 158 Å². The molecular weight excluding hydrogens is 372 g/mol. The maximum Gasteiger partial charge on any atom is 0.343 e. The molecule has 1 amide bonds. The third kappa shape index (κ3) is 4.34. The molecule has 10 heteroatoms. The van der Waals surface area contributed by atoms with Gasteiger partial charge in [0, 0.05) is 11.8 Å². The van der Waals surface area contributed by atoms with Crippen LogP contribution in [-0.2, 0) is 9.53 Å². The standard InChI is InChI=1S/C17H16N4O5S/c1-2-25-16(24)10-6-19-17(21-15(10)18)27-8-12(22)9-3-4-13-11(5-9)20-14(23)7-26-13/h3-6H,2,7-8H2,1H3,(H,20,23)(H2,18,19,21). The first kappa shape index (κ1) is 18.6. The van der Waals surface area contributed by atoms with E-state index in [1.54, 1.807) is 25.1 Å². The molecule has 3 rings (SSSR count). The van der Waals surface area contributed by atoms with Crippen molar-refractivity contribution in [3.05, 3.63) is 35.5 Å². The monoisotopic (exact) mass is 388 g/mol. The number of fused-ring (bicyclic) bond motifs is 1. The van der Waals surface area contributed by atoms with Crippen molar-refractivity contribution in [3.63, 3.8) is 0 Å². The van der Waals surface area contributed by atoms with Gasteiger partial charge in [-0.15, -0.1) is 0 Å². The summed E-state index contributed by atoms with van der Waals surface area (Å²) in [6.07, 6.45) is 1.28. The first-order valence-corrected chi connectivity index (χ1v) is 8.98. The molecule has 9 nitrogen and oxygen atoms in total. The number of esters is 1. The van der Waals surface area contributed by atoms with E-state index < -0.39 is 5.97 Å². The highest BCUT2D eigenvalue weighted by atomic mass is 32.2. The number of benzene rings is 1. The second kappa shape index (κ2) is 8.04. The lowest BCUT2D eigenvalue weighted by Crippen LogP contribution is -2.25. The zero-order chi connectivity index (χ0) is 19.4. The van der Waals surface area contributed by atoms with E-state index in [-0.39, 0.29) is 47.2 Å². The van der Waals surface area contributed by atoms with E-state index in [0.29, 0.717) is 17.0 Å². The number of amides is 1. The van der Waals surface area contributed by atoms with Gasteiger partial charge in [0.15, 0.2) is 17.5 Å². The third-order valence-corrected chi connectivity index (χ3v) is 4.42. The number of ether oxygens (including phenoxy) is 2. The van der Waals surface area contributed by atoms with Crippen LogP contribution in [0.15, 0.2) is 29.6 Å². The van der Waals surface area contributed by atoms with Crippen molar-refractivity contribution in [3.8, 4) is 5.75 Å². The van der Waals surface area contributed by atoms with E-state index >= 15 is 0 Å². The van der Waals surface area contributed by atoms with Gasteiger partial charge in [0.1, 0.15) is 17.1 Å². The zero-order valence-electron chi connectivity index (χ0n) is 14.4. The van der Waals surface area contributed by atoms with Crippen LogP contribution in [0.5, 0.6) is 5.75 Å². The Hall–Kier alpha value is -3.14. The summed E-state index contributed by atoms with van der Waals surface area (Å²) in [5.74, 6) is -0.477. The minimum absolute atomic E-state index is 0.00737. The molecule has 0 radical (unpaired) electrons. The number of nitrogens with two attached hydrogens (primary N) is 1. The molecule has 0 atom stereocenters. The average molecular weight is 388 g/mol. The van der Waals surface area contributed by atoms with Crippen LogP contribution >= 0.6 is 11.8 Å². The number of nitrogens with zero attached hydrogens (tertiary/aromatic N) is 2. The fourth-order valence-corrected chi connectivity index (χ4v) is 3.00. The molecule has 0 saturated heterocycles. The van der Waals surface area contributed by atoms with Gasteiger partial charge < -0.3 is 20.5 Å². The lowest BCUT2D eigenvalue weighted by molar-refractivity contribution is -0.118. The van der Waals surface area contributed by atoms with Crippen molar-refractivity contribution >= 4 is 40.9 Å². The number of carbonyl (C=O) groups is 3. The summed E-state index contributed by atoms with van der Waals surface area (Å²) in [5.41, 5.74) is 6.72. The Kier molecular flexibility index (Phi) is 5.55. The number of anilines is 2. The zero-order valence-corrected chi connectivity index (χ0v) is 15.2. The largest absolute Gasteiger partial charge is 0.482 e. The first-order valence-electron chi connectivity index (χ1n) is 8.00. The van der Waals surface area contributed by atoms with E-state index in [1.807, 2.05) is 0 Å². The van der Waals surface area contributed by atoms with E-state index in [1.165, 1.54) is 6.20 Å². The quantitative estimate of drug-likeness (QED) is 0.327. The summed E-state index contributed by atoms with van der Waals surface area (Å²) in [6.45, 7) is 1.86. The average Bonchev–Trinajstić information content (AvgIpc) is 2.65. The van der Waals surface area contributed by atoms with Crippen LogP contribution in [0.2, 0.25) is 0 Å². The van der Waals surface area contributed by atoms with Gasteiger partial charge in [0.05, 0.1) is 18.0 Å². The van der Waals surface area contributed by atoms with Gasteiger partial charge >= 0.3 is 5.97 Å². The van der Waals surface area contributed by atoms with Gasteiger partial charge in [-0.2, -0.15) is 0 Å².